The SMILES string of the molecule is Cc1ccc(/C=C/c2onc(C)c2S(=O)(=O)N2CCC(C(=O)NCC3CCCO3)CC2)cc1. The van der Waals surface area contributed by atoms with Crippen LogP contribution in [0.2, 0.25) is 0 Å². The molecule has 0 radical (unpaired) electrons. The zero-order valence-electron chi connectivity index (χ0n) is 19.1. The lowest BCUT2D eigenvalue weighted by molar-refractivity contribution is -0.126. The molecule has 3 heterocycles. The van der Waals surface area contributed by atoms with Crippen LogP contribution in [0.3, 0.4) is 0 Å². The number of carbonyl (C=O) groups excluding carboxylic acids is 1. The first kappa shape index (κ1) is 23.7. The smallest absolute Gasteiger partial charge is 0.248 e. The van der Waals surface area contributed by atoms with Crippen LogP contribution in [0.4, 0.5) is 0 Å². The molecule has 2 saturated heterocycles. The number of carbonyl (C=O) groups is 1. The standard InChI is InChI=1S/C24H31N3O5S/c1-17-5-7-19(8-6-17)9-10-22-23(18(2)26-32-22)33(29,30)27-13-11-20(12-14-27)24(28)25-16-21-4-3-15-31-21/h5-10,20-21H,3-4,11-16H2,1-2H3,(H,25,28)/b10-9+. The Balaban J connectivity index is 1.40. The van der Waals surface area contributed by atoms with Gasteiger partial charge in [0.1, 0.15) is 5.69 Å². The van der Waals surface area contributed by atoms with Gasteiger partial charge < -0.3 is 14.6 Å². The number of nitrogens with zero attached hydrogens (tertiary/aromatic N) is 2. The van der Waals surface area contributed by atoms with Gasteiger partial charge in [-0.1, -0.05) is 41.1 Å². The van der Waals surface area contributed by atoms with Crippen LogP contribution >= 0.6 is 0 Å². The third kappa shape index (κ3) is 5.54. The maximum absolute atomic E-state index is 13.4. The molecule has 1 unspecified atom stereocenters. The van der Waals surface area contributed by atoms with Gasteiger partial charge in [0.25, 0.3) is 0 Å². The van der Waals surface area contributed by atoms with E-state index in [-0.39, 0.29) is 41.7 Å². The van der Waals surface area contributed by atoms with Crippen molar-refractivity contribution < 1.29 is 22.5 Å². The van der Waals surface area contributed by atoms with Gasteiger partial charge in [-0.2, -0.15) is 4.31 Å². The molecule has 9 heteroatoms. The number of hydrogen-bond donors (Lipinski definition) is 1. The van der Waals surface area contributed by atoms with Crippen molar-refractivity contribution in [1.29, 1.82) is 0 Å². The second kappa shape index (κ2) is 10.2. The summed E-state index contributed by atoms with van der Waals surface area (Å²) in [6, 6.07) is 7.89. The molecule has 1 atom stereocenters. The van der Waals surface area contributed by atoms with E-state index >= 15 is 0 Å². The lowest BCUT2D eigenvalue weighted by Gasteiger charge is -2.30. The molecule has 2 aliphatic heterocycles. The van der Waals surface area contributed by atoms with E-state index in [0.29, 0.717) is 25.1 Å². The minimum absolute atomic E-state index is 0.0228. The summed E-state index contributed by atoms with van der Waals surface area (Å²) in [5.41, 5.74) is 2.41. The van der Waals surface area contributed by atoms with Crippen molar-refractivity contribution >= 4 is 28.1 Å². The Bertz CT molecular complexity index is 1090. The molecule has 1 aromatic carbocycles. The minimum atomic E-state index is -3.79. The molecule has 1 aromatic heterocycles. The molecule has 0 saturated carbocycles. The molecule has 0 bridgehead atoms. The number of amides is 1. The Morgan fingerprint density at radius 1 is 1.15 bits per heavy atom. The summed E-state index contributed by atoms with van der Waals surface area (Å²) in [6.45, 7) is 5.48. The average molecular weight is 474 g/mol. The number of rotatable bonds is 7. The van der Waals surface area contributed by atoms with Crippen molar-refractivity contribution in [2.75, 3.05) is 26.2 Å². The fourth-order valence-electron chi connectivity index (χ4n) is 4.30. The highest BCUT2D eigenvalue weighted by Crippen LogP contribution is 2.29. The van der Waals surface area contributed by atoms with Gasteiger partial charge in [0.2, 0.25) is 15.9 Å². The molecular weight excluding hydrogens is 442 g/mol. The van der Waals surface area contributed by atoms with Crippen LogP contribution in [-0.2, 0) is 19.6 Å². The maximum Gasteiger partial charge on any atom is 0.248 e. The third-order valence-electron chi connectivity index (χ3n) is 6.29. The predicted octanol–water partition coefficient (Wildman–Crippen LogP) is 3.16. The number of ether oxygens (including phenoxy) is 1. The van der Waals surface area contributed by atoms with Crippen LogP contribution in [0, 0.1) is 19.8 Å². The van der Waals surface area contributed by atoms with E-state index in [4.69, 9.17) is 9.26 Å². The number of piperidine rings is 1. The first-order chi connectivity index (χ1) is 15.8. The van der Waals surface area contributed by atoms with E-state index in [1.165, 1.54) is 4.31 Å². The Hall–Kier alpha value is -2.49. The molecular formula is C24H31N3O5S. The first-order valence-electron chi connectivity index (χ1n) is 11.4. The topological polar surface area (TPSA) is 102 Å². The van der Waals surface area contributed by atoms with Gasteiger partial charge in [-0.15, -0.1) is 0 Å². The van der Waals surface area contributed by atoms with Gasteiger partial charge in [0.05, 0.1) is 6.10 Å². The monoisotopic (exact) mass is 473 g/mol. The van der Waals surface area contributed by atoms with Crippen LogP contribution in [0.5, 0.6) is 0 Å². The molecule has 4 rings (SSSR count). The Kier molecular flexibility index (Phi) is 7.31. The summed E-state index contributed by atoms with van der Waals surface area (Å²) in [6.07, 6.45) is 6.51. The van der Waals surface area contributed by atoms with Crippen LogP contribution < -0.4 is 5.32 Å². The average Bonchev–Trinajstić information content (AvgIpc) is 3.47. The summed E-state index contributed by atoms with van der Waals surface area (Å²) in [7, 11) is -3.79. The largest absolute Gasteiger partial charge is 0.376 e. The van der Waals surface area contributed by atoms with Gasteiger partial charge in [0, 0.05) is 32.2 Å². The van der Waals surface area contributed by atoms with E-state index in [2.05, 4.69) is 10.5 Å². The molecule has 1 amide bonds. The molecule has 0 aliphatic carbocycles. The number of aromatic nitrogens is 1. The van der Waals surface area contributed by atoms with Crippen molar-refractivity contribution in [3.63, 3.8) is 0 Å². The van der Waals surface area contributed by atoms with Crippen LogP contribution in [0.15, 0.2) is 33.7 Å². The summed E-state index contributed by atoms with van der Waals surface area (Å²) in [4.78, 5) is 12.6. The van der Waals surface area contributed by atoms with Crippen LogP contribution in [0.1, 0.15) is 48.3 Å². The predicted molar refractivity (Wildman–Crippen MR) is 125 cm³/mol. The van der Waals surface area contributed by atoms with E-state index in [0.717, 1.165) is 30.6 Å². The second-order valence-corrected chi connectivity index (χ2v) is 10.6. The maximum atomic E-state index is 13.4. The fraction of sp³-hybridized carbons (Fsp3) is 0.500. The summed E-state index contributed by atoms with van der Waals surface area (Å²) < 4.78 is 39.1. The lowest BCUT2D eigenvalue weighted by atomic mass is 9.97. The van der Waals surface area contributed by atoms with Crippen molar-refractivity contribution in [2.45, 2.75) is 50.5 Å². The number of benzene rings is 1. The number of nitrogens with one attached hydrogen (secondary N) is 1. The van der Waals surface area contributed by atoms with Crippen molar-refractivity contribution in [3.05, 3.63) is 46.8 Å². The van der Waals surface area contributed by atoms with Crippen LogP contribution in [0.25, 0.3) is 12.2 Å². The molecule has 0 spiro atoms. The van der Waals surface area contributed by atoms with Crippen molar-refractivity contribution in [3.8, 4) is 0 Å². The number of hydrogen-bond acceptors (Lipinski definition) is 6. The van der Waals surface area contributed by atoms with Crippen LogP contribution in [-0.4, -0.2) is 56.1 Å². The Morgan fingerprint density at radius 2 is 1.88 bits per heavy atom. The summed E-state index contributed by atoms with van der Waals surface area (Å²) in [5, 5.41) is 6.86. The second-order valence-electron chi connectivity index (χ2n) is 8.76. The molecule has 8 nitrogen and oxygen atoms in total. The third-order valence-corrected chi connectivity index (χ3v) is 8.35. The lowest BCUT2D eigenvalue weighted by Crippen LogP contribution is -2.44. The normalized spacial score (nSPS) is 20.5. The fourth-order valence-corrected chi connectivity index (χ4v) is 6.02. The molecule has 178 valence electrons. The van der Waals surface area contributed by atoms with Crippen molar-refractivity contribution in [1.82, 2.24) is 14.8 Å². The quantitative estimate of drug-likeness (QED) is 0.663. The summed E-state index contributed by atoms with van der Waals surface area (Å²) >= 11 is 0. The number of aryl methyl sites for hydroxylation is 2. The highest BCUT2D eigenvalue weighted by Gasteiger charge is 2.36. The zero-order valence-corrected chi connectivity index (χ0v) is 19.9. The van der Waals surface area contributed by atoms with Gasteiger partial charge in [-0.25, -0.2) is 8.42 Å². The first-order valence-corrected chi connectivity index (χ1v) is 12.9. The van der Waals surface area contributed by atoms with Gasteiger partial charge in [-0.3, -0.25) is 4.79 Å². The van der Waals surface area contributed by atoms with E-state index < -0.39 is 10.0 Å². The molecule has 1 N–H and O–H groups in total. The zero-order chi connectivity index (χ0) is 23.4. The Morgan fingerprint density at radius 3 is 2.55 bits per heavy atom. The Labute approximate surface area is 195 Å². The van der Waals surface area contributed by atoms with E-state index in [1.807, 2.05) is 37.3 Å². The minimum Gasteiger partial charge on any atom is -0.376 e. The van der Waals surface area contributed by atoms with Gasteiger partial charge in [0.15, 0.2) is 10.7 Å². The van der Waals surface area contributed by atoms with E-state index in [9.17, 15) is 13.2 Å². The van der Waals surface area contributed by atoms with Gasteiger partial charge >= 0.3 is 0 Å². The highest BCUT2D eigenvalue weighted by molar-refractivity contribution is 7.89. The molecule has 2 fully saturated rings. The van der Waals surface area contributed by atoms with Crippen molar-refractivity contribution in [2.24, 2.45) is 5.92 Å². The molecule has 2 aromatic rings. The highest BCUT2D eigenvalue weighted by atomic mass is 32.2. The molecule has 2 aliphatic rings. The van der Waals surface area contributed by atoms with E-state index in [1.54, 1.807) is 13.0 Å². The summed E-state index contributed by atoms with van der Waals surface area (Å²) in [5.74, 6) is -0.00254. The number of sulfonamides is 1. The molecule has 33 heavy (non-hydrogen) atoms. The van der Waals surface area contributed by atoms with Gasteiger partial charge in [-0.05, 0) is 51.2 Å².